The van der Waals surface area contributed by atoms with Crippen molar-refractivity contribution in [3.8, 4) is 5.75 Å². The summed E-state index contributed by atoms with van der Waals surface area (Å²) in [6, 6.07) is 10.1. The average molecular weight is 526 g/mol. The monoisotopic (exact) mass is 525 g/mol. The summed E-state index contributed by atoms with van der Waals surface area (Å²) in [7, 11) is 1.63. The number of ether oxygens (including phenoxy) is 3. The molecule has 0 unspecified atom stereocenters. The van der Waals surface area contributed by atoms with E-state index in [4.69, 9.17) is 14.2 Å². The van der Waals surface area contributed by atoms with Crippen molar-refractivity contribution in [3.05, 3.63) is 59.4 Å². The smallest absolute Gasteiger partial charge is 0.410 e. The Balaban J connectivity index is 1.73. The highest BCUT2D eigenvalue weighted by molar-refractivity contribution is 5.74. The van der Waals surface area contributed by atoms with Gasteiger partial charge in [0.15, 0.2) is 0 Å². The fourth-order valence-corrected chi connectivity index (χ4v) is 4.61. The van der Waals surface area contributed by atoms with Crippen molar-refractivity contribution >= 4 is 12.1 Å². The molecule has 0 bridgehead atoms. The lowest BCUT2D eigenvalue weighted by Crippen LogP contribution is -2.38. The number of aromatic nitrogens is 1. The summed E-state index contributed by atoms with van der Waals surface area (Å²) >= 11 is 0. The molecule has 1 aliphatic rings. The number of carbonyl (C=O) groups is 2. The van der Waals surface area contributed by atoms with Crippen molar-refractivity contribution in [2.45, 2.75) is 78.7 Å². The van der Waals surface area contributed by atoms with Crippen LogP contribution in [-0.4, -0.2) is 53.3 Å². The lowest BCUT2D eigenvalue weighted by molar-refractivity contribution is -0.161. The maximum Gasteiger partial charge on any atom is 0.410 e. The Bertz CT molecular complexity index is 1090. The molecule has 2 aromatic rings. The van der Waals surface area contributed by atoms with Crippen molar-refractivity contribution < 1.29 is 23.8 Å². The van der Waals surface area contributed by atoms with E-state index in [9.17, 15) is 9.59 Å². The predicted molar refractivity (Wildman–Crippen MR) is 147 cm³/mol. The second kappa shape index (κ2) is 12.6. The van der Waals surface area contributed by atoms with E-state index < -0.39 is 11.2 Å². The second-order valence-corrected chi connectivity index (χ2v) is 11.9. The second-order valence-electron chi connectivity index (χ2n) is 11.9. The van der Waals surface area contributed by atoms with E-state index in [0.717, 1.165) is 28.9 Å². The number of esters is 1. The van der Waals surface area contributed by atoms with Gasteiger partial charge < -0.3 is 24.4 Å². The summed E-state index contributed by atoms with van der Waals surface area (Å²) in [6.07, 6.45) is 4.44. The van der Waals surface area contributed by atoms with Crippen LogP contribution in [-0.2, 0) is 33.8 Å². The van der Waals surface area contributed by atoms with Crippen LogP contribution in [0.25, 0.3) is 0 Å². The van der Waals surface area contributed by atoms with Crippen molar-refractivity contribution in [2.24, 2.45) is 11.8 Å². The molecule has 1 saturated heterocycles. The number of benzene rings is 1. The van der Waals surface area contributed by atoms with Crippen LogP contribution < -0.4 is 10.1 Å². The van der Waals surface area contributed by atoms with Gasteiger partial charge in [-0.25, -0.2) is 4.79 Å². The highest BCUT2D eigenvalue weighted by Gasteiger charge is 2.39. The van der Waals surface area contributed by atoms with Gasteiger partial charge in [-0.2, -0.15) is 0 Å². The van der Waals surface area contributed by atoms with Gasteiger partial charge in [-0.1, -0.05) is 24.3 Å². The number of rotatable bonds is 9. The van der Waals surface area contributed by atoms with Crippen LogP contribution in [0.5, 0.6) is 5.75 Å². The molecule has 0 aliphatic carbocycles. The zero-order valence-electron chi connectivity index (χ0n) is 23.9. The molecule has 0 saturated carbocycles. The number of hydrogen-bond acceptors (Lipinski definition) is 7. The minimum atomic E-state index is -0.593. The third-order valence-corrected chi connectivity index (χ3v) is 6.36. The van der Waals surface area contributed by atoms with E-state index in [1.807, 2.05) is 65.9 Å². The lowest BCUT2D eigenvalue weighted by Gasteiger charge is -2.28. The molecule has 1 aromatic carbocycles. The standard InChI is InChI=1S/C30H43N3O5/c1-29(2,3)37-27(34)26(24-12-13-33(20-24)28(35)38-30(4,5)6)15-22-10-8-9-11-23(22)18-31-16-21-14-25(36-7)19-32-17-21/h8-11,14,17,19,24,26,31H,12-13,15-16,18,20H2,1-7H3/t24-,26-/m0/s1. The summed E-state index contributed by atoms with van der Waals surface area (Å²) < 4.78 is 16.7. The molecule has 2 atom stereocenters. The highest BCUT2D eigenvalue weighted by Crippen LogP contribution is 2.31. The Labute approximate surface area is 227 Å². The molecule has 2 heterocycles. The van der Waals surface area contributed by atoms with Gasteiger partial charge in [-0.3, -0.25) is 9.78 Å². The normalized spacial score (nSPS) is 16.7. The summed E-state index contributed by atoms with van der Waals surface area (Å²) in [6.45, 7) is 13.6. The average Bonchev–Trinajstić information content (AvgIpc) is 3.31. The molecule has 0 radical (unpaired) electrons. The summed E-state index contributed by atoms with van der Waals surface area (Å²) in [5.41, 5.74) is 2.09. The zero-order valence-corrected chi connectivity index (χ0v) is 23.9. The summed E-state index contributed by atoms with van der Waals surface area (Å²) in [5, 5.41) is 3.48. The first-order valence-electron chi connectivity index (χ1n) is 13.3. The van der Waals surface area contributed by atoms with E-state index >= 15 is 0 Å². The molecule has 3 rings (SSSR count). The Hall–Kier alpha value is -3.13. The van der Waals surface area contributed by atoms with E-state index in [1.165, 1.54) is 0 Å². The molecule has 8 nitrogen and oxygen atoms in total. The number of nitrogens with zero attached hydrogens (tertiary/aromatic N) is 2. The van der Waals surface area contributed by atoms with Gasteiger partial charge in [0.25, 0.3) is 0 Å². The molecular weight excluding hydrogens is 482 g/mol. The summed E-state index contributed by atoms with van der Waals surface area (Å²) in [5.74, 6) is 0.118. The van der Waals surface area contributed by atoms with Crippen molar-refractivity contribution in [1.29, 1.82) is 0 Å². The number of carbonyl (C=O) groups excluding carboxylic acids is 2. The van der Waals surface area contributed by atoms with Gasteiger partial charge in [-0.05, 0) is 83.1 Å². The third kappa shape index (κ3) is 9.01. The number of likely N-dealkylation sites (tertiary alicyclic amines) is 1. The number of hydrogen-bond donors (Lipinski definition) is 1. The first kappa shape index (κ1) is 29.4. The largest absolute Gasteiger partial charge is 0.495 e. The number of nitrogens with one attached hydrogen (secondary N) is 1. The fourth-order valence-electron chi connectivity index (χ4n) is 4.61. The zero-order chi connectivity index (χ0) is 27.9. The molecule has 8 heteroatoms. The fraction of sp³-hybridized carbons (Fsp3) is 0.567. The number of pyridine rings is 1. The molecule has 1 aliphatic heterocycles. The number of amides is 1. The highest BCUT2D eigenvalue weighted by atomic mass is 16.6. The van der Waals surface area contributed by atoms with Gasteiger partial charge in [0, 0.05) is 32.4 Å². The van der Waals surface area contributed by atoms with Gasteiger partial charge in [0.05, 0.1) is 19.2 Å². The summed E-state index contributed by atoms with van der Waals surface area (Å²) in [4.78, 5) is 32.0. The van der Waals surface area contributed by atoms with Crippen molar-refractivity contribution in [3.63, 3.8) is 0 Å². The van der Waals surface area contributed by atoms with Gasteiger partial charge in [0.2, 0.25) is 0 Å². The van der Waals surface area contributed by atoms with Crippen molar-refractivity contribution in [1.82, 2.24) is 15.2 Å². The maximum absolute atomic E-state index is 13.4. The first-order chi connectivity index (χ1) is 17.8. The van der Waals surface area contributed by atoms with E-state index in [2.05, 4.69) is 22.4 Å². The van der Waals surface area contributed by atoms with Crippen molar-refractivity contribution in [2.75, 3.05) is 20.2 Å². The van der Waals surface area contributed by atoms with E-state index in [-0.39, 0.29) is 23.9 Å². The molecule has 208 valence electrons. The van der Waals surface area contributed by atoms with Crippen LogP contribution in [0.3, 0.4) is 0 Å². The molecule has 1 fully saturated rings. The third-order valence-electron chi connectivity index (χ3n) is 6.36. The predicted octanol–water partition coefficient (Wildman–Crippen LogP) is 5.14. The molecule has 0 spiro atoms. The quantitative estimate of drug-likeness (QED) is 0.454. The Morgan fingerprint density at radius 2 is 1.71 bits per heavy atom. The van der Waals surface area contributed by atoms with Crippen LogP contribution >= 0.6 is 0 Å². The topological polar surface area (TPSA) is 90.0 Å². The molecule has 1 amide bonds. The molecule has 1 N–H and O–H groups in total. The Morgan fingerprint density at radius 1 is 1.03 bits per heavy atom. The van der Waals surface area contributed by atoms with Crippen LogP contribution in [0.15, 0.2) is 42.7 Å². The van der Waals surface area contributed by atoms with Gasteiger partial charge in [0.1, 0.15) is 17.0 Å². The first-order valence-corrected chi connectivity index (χ1v) is 13.3. The Kier molecular flexibility index (Phi) is 9.77. The van der Waals surface area contributed by atoms with Gasteiger partial charge >= 0.3 is 12.1 Å². The lowest BCUT2D eigenvalue weighted by atomic mass is 9.84. The molecule has 38 heavy (non-hydrogen) atoms. The maximum atomic E-state index is 13.4. The minimum absolute atomic E-state index is 0.0127. The van der Waals surface area contributed by atoms with Gasteiger partial charge in [-0.15, -0.1) is 0 Å². The Morgan fingerprint density at radius 3 is 2.37 bits per heavy atom. The number of methoxy groups -OCH3 is 1. The SMILES string of the molecule is COc1cncc(CNCc2ccccc2C[C@H](C(=O)OC(C)(C)C)[C@H]2CCN(C(=O)OC(C)(C)C)C2)c1. The van der Waals surface area contributed by atoms with Crippen LogP contribution in [0.2, 0.25) is 0 Å². The minimum Gasteiger partial charge on any atom is -0.495 e. The van der Waals surface area contributed by atoms with E-state index in [1.54, 1.807) is 18.2 Å². The molecular formula is C30H43N3O5. The van der Waals surface area contributed by atoms with Crippen LogP contribution in [0.1, 0.15) is 64.7 Å². The van der Waals surface area contributed by atoms with Crippen LogP contribution in [0, 0.1) is 11.8 Å². The van der Waals surface area contributed by atoms with Crippen LogP contribution in [0.4, 0.5) is 4.79 Å². The molecule has 1 aromatic heterocycles. The van der Waals surface area contributed by atoms with E-state index in [0.29, 0.717) is 32.6 Å².